The molecule has 29 heavy (non-hydrogen) atoms. The zero-order valence-corrected chi connectivity index (χ0v) is 17.3. The summed E-state index contributed by atoms with van der Waals surface area (Å²) in [7, 11) is 4.65. The van der Waals surface area contributed by atoms with Crippen molar-refractivity contribution in [3.63, 3.8) is 0 Å². The number of thioether (sulfide) groups is 1. The maximum absolute atomic E-state index is 13.0. The number of aryl methyl sites for hydroxylation is 1. The first kappa shape index (κ1) is 22.5. The molecule has 1 aromatic heterocycles. The van der Waals surface area contributed by atoms with Gasteiger partial charge in [0.15, 0.2) is 0 Å². The number of methoxy groups -OCH3 is 1. The molecular weight excluding hydrogens is 407 g/mol. The highest BCUT2D eigenvalue weighted by atomic mass is 32.2. The summed E-state index contributed by atoms with van der Waals surface area (Å²) in [6.07, 6.45) is -1.25. The van der Waals surface area contributed by atoms with E-state index in [9.17, 15) is 18.0 Å². The fourth-order valence-corrected chi connectivity index (χ4v) is 3.03. The van der Waals surface area contributed by atoms with Crippen molar-refractivity contribution >= 4 is 23.3 Å². The molecule has 0 aliphatic heterocycles. The molecule has 0 amide bonds. The first-order valence-corrected chi connectivity index (χ1v) is 9.54. The van der Waals surface area contributed by atoms with Crippen molar-refractivity contribution in [2.75, 3.05) is 27.5 Å². The first-order chi connectivity index (χ1) is 13.6. The Morgan fingerprint density at radius 2 is 1.93 bits per heavy atom. The minimum absolute atomic E-state index is 0.0420. The summed E-state index contributed by atoms with van der Waals surface area (Å²) in [4.78, 5) is 22.6. The molecule has 0 atom stereocenters. The number of carbonyl (C=O) groups excluding carboxylic acids is 1. The lowest BCUT2D eigenvalue weighted by molar-refractivity contribution is -0.137. The molecule has 10 heteroatoms. The van der Waals surface area contributed by atoms with E-state index in [1.165, 1.54) is 37.2 Å². The molecular formula is C19H20F3N3O3S. The van der Waals surface area contributed by atoms with Crippen LogP contribution in [-0.4, -0.2) is 48.3 Å². The molecule has 0 radical (unpaired) electrons. The fourth-order valence-electron chi connectivity index (χ4n) is 2.41. The molecule has 1 aromatic carbocycles. The van der Waals surface area contributed by atoms with Crippen molar-refractivity contribution < 1.29 is 27.4 Å². The van der Waals surface area contributed by atoms with E-state index in [1.807, 2.05) is 0 Å². The van der Waals surface area contributed by atoms with Crippen molar-refractivity contribution in [3.05, 3.63) is 47.4 Å². The summed E-state index contributed by atoms with van der Waals surface area (Å²) in [5.74, 6) is -0.426. The Labute approximate surface area is 170 Å². The van der Waals surface area contributed by atoms with E-state index in [-0.39, 0.29) is 22.8 Å². The molecule has 0 aliphatic carbocycles. The maximum Gasteiger partial charge on any atom is 0.416 e. The maximum atomic E-state index is 13.0. The topological polar surface area (TPSA) is 64.5 Å². The minimum atomic E-state index is -4.52. The van der Waals surface area contributed by atoms with Crippen LogP contribution in [-0.2, 0) is 15.7 Å². The molecule has 2 aromatic rings. The Bertz CT molecular complexity index is 931. The van der Waals surface area contributed by atoms with E-state index in [1.54, 1.807) is 32.2 Å². The Hall–Kier alpha value is -2.75. The van der Waals surface area contributed by atoms with Crippen LogP contribution in [0.15, 0.2) is 35.5 Å². The zero-order valence-electron chi connectivity index (χ0n) is 16.5. The van der Waals surface area contributed by atoms with Gasteiger partial charge in [-0.15, -0.1) is 11.8 Å². The van der Waals surface area contributed by atoms with E-state index < -0.39 is 17.7 Å². The molecule has 6 nitrogen and oxygen atoms in total. The molecule has 0 spiro atoms. The van der Waals surface area contributed by atoms with Crippen molar-refractivity contribution in [1.29, 1.82) is 0 Å². The van der Waals surface area contributed by atoms with E-state index in [4.69, 9.17) is 9.47 Å². The molecule has 0 saturated heterocycles. The summed E-state index contributed by atoms with van der Waals surface area (Å²) in [6, 6.07) is 4.42. The average Bonchev–Trinajstić information content (AvgIpc) is 2.64. The number of alkyl halides is 3. The average molecular weight is 427 g/mol. The largest absolute Gasteiger partial charge is 0.465 e. The lowest BCUT2D eigenvalue weighted by atomic mass is 10.1. The molecule has 0 aliphatic rings. The summed E-state index contributed by atoms with van der Waals surface area (Å²) >= 11 is 1.25. The van der Waals surface area contributed by atoms with Crippen LogP contribution in [0.4, 0.5) is 13.2 Å². The standard InChI is InChI=1S/C19H20F3N3O3S/c1-11-23-16(28-13-8-6-7-12(9-13)19(20,21)22)15(17(24-11)29-5)14(10-25(2)3)18(26)27-4/h6-10H,1-5H3. The Morgan fingerprint density at radius 1 is 1.24 bits per heavy atom. The second-order valence-corrected chi connectivity index (χ2v) is 6.88. The van der Waals surface area contributed by atoms with Gasteiger partial charge in [-0.05, 0) is 31.4 Å². The molecule has 0 N–H and O–H groups in total. The van der Waals surface area contributed by atoms with Crippen molar-refractivity contribution in [2.24, 2.45) is 0 Å². The van der Waals surface area contributed by atoms with Crippen LogP contribution >= 0.6 is 11.8 Å². The molecule has 0 bridgehead atoms. The SMILES string of the molecule is COC(=O)C(=CN(C)C)c1c(Oc2cccc(C(F)(F)F)c2)nc(C)nc1SC. The van der Waals surface area contributed by atoms with E-state index >= 15 is 0 Å². The number of benzene rings is 1. The lowest BCUT2D eigenvalue weighted by Gasteiger charge is -2.17. The minimum Gasteiger partial charge on any atom is -0.465 e. The van der Waals surface area contributed by atoms with Gasteiger partial charge in [-0.1, -0.05) is 6.07 Å². The number of esters is 1. The smallest absolute Gasteiger partial charge is 0.416 e. The van der Waals surface area contributed by atoms with Gasteiger partial charge >= 0.3 is 12.1 Å². The molecule has 2 rings (SSSR count). The van der Waals surface area contributed by atoms with Gasteiger partial charge in [0.1, 0.15) is 16.6 Å². The highest BCUT2D eigenvalue weighted by Crippen LogP contribution is 2.37. The van der Waals surface area contributed by atoms with Gasteiger partial charge in [-0.25, -0.2) is 9.78 Å². The number of aromatic nitrogens is 2. The molecule has 0 saturated carbocycles. The zero-order chi connectivity index (χ0) is 21.8. The van der Waals surface area contributed by atoms with Crippen LogP contribution in [0.2, 0.25) is 0 Å². The number of carbonyl (C=O) groups is 1. The quantitative estimate of drug-likeness (QED) is 0.293. The van der Waals surface area contributed by atoms with Gasteiger partial charge in [0.05, 0.1) is 23.8 Å². The van der Waals surface area contributed by atoms with Gasteiger partial charge in [-0.3, -0.25) is 0 Å². The van der Waals surface area contributed by atoms with Gasteiger partial charge < -0.3 is 14.4 Å². The van der Waals surface area contributed by atoms with Crippen LogP contribution < -0.4 is 4.74 Å². The Kier molecular flexibility index (Phi) is 7.12. The van der Waals surface area contributed by atoms with Gasteiger partial charge in [0.2, 0.25) is 5.88 Å². The van der Waals surface area contributed by atoms with Crippen LogP contribution in [0.5, 0.6) is 11.6 Å². The van der Waals surface area contributed by atoms with Crippen molar-refractivity contribution in [2.45, 2.75) is 18.1 Å². The number of hydrogen-bond donors (Lipinski definition) is 0. The monoisotopic (exact) mass is 427 g/mol. The number of nitrogens with zero attached hydrogens (tertiary/aromatic N) is 3. The van der Waals surface area contributed by atoms with Crippen LogP contribution in [0.3, 0.4) is 0 Å². The van der Waals surface area contributed by atoms with Gasteiger partial charge in [0, 0.05) is 20.3 Å². The van der Waals surface area contributed by atoms with E-state index in [0.29, 0.717) is 10.9 Å². The van der Waals surface area contributed by atoms with Crippen LogP contribution in [0.25, 0.3) is 5.57 Å². The van der Waals surface area contributed by atoms with Crippen molar-refractivity contribution in [3.8, 4) is 11.6 Å². The molecule has 156 valence electrons. The third-order valence-electron chi connectivity index (χ3n) is 3.59. The normalized spacial score (nSPS) is 11.9. The predicted molar refractivity (Wildman–Crippen MR) is 104 cm³/mol. The second kappa shape index (κ2) is 9.17. The summed E-state index contributed by atoms with van der Waals surface area (Å²) in [6.45, 7) is 1.62. The highest BCUT2D eigenvalue weighted by Gasteiger charge is 2.31. The van der Waals surface area contributed by atoms with Crippen LogP contribution in [0.1, 0.15) is 17.0 Å². The van der Waals surface area contributed by atoms with E-state index in [0.717, 1.165) is 12.1 Å². The Balaban J connectivity index is 2.66. The third kappa shape index (κ3) is 5.63. The predicted octanol–water partition coefficient (Wildman–Crippen LogP) is 4.39. The van der Waals surface area contributed by atoms with Gasteiger partial charge in [-0.2, -0.15) is 18.2 Å². The van der Waals surface area contributed by atoms with Gasteiger partial charge in [0.25, 0.3) is 0 Å². The number of rotatable bonds is 6. The Morgan fingerprint density at radius 3 is 2.48 bits per heavy atom. The summed E-state index contributed by atoms with van der Waals surface area (Å²) < 4.78 is 49.7. The number of ether oxygens (including phenoxy) is 2. The summed E-state index contributed by atoms with van der Waals surface area (Å²) in [5, 5.41) is 0.429. The summed E-state index contributed by atoms with van der Waals surface area (Å²) in [5.41, 5.74) is -0.505. The fraction of sp³-hybridized carbons (Fsp3) is 0.316. The molecule has 0 unspecified atom stereocenters. The highest BCUT2D eigenvalue weighted by molar-refractivity contribution is 7.98. The van der Waals surface area contributed by atoms with E-state index in [2.05, 4.69) is 9.97 Å². The lowest BCUT2D eigenvalue weighted by Crippen LogP contribution is -2.13. The van der Waals surface area contributed by atoms with Crippen LogP contribution in [0, 0.1) is 6.92 Å². The first-order valence-electron chi connectivity index (χ1n) is 8.31. The second-order valence-electron chi connectivity index (χ2n) is 6.09. The molecule has 1 heterocycles. The number of halogens is 3. The molecule has 0 fully saturated rings. The third-order valence-corrected chi connectivity index (χ3v) is 4.27. The van der Waals surface area contributed by atoms with Crippen molar-refractivity contribution in [1.82, 2.24) is 14.9 Å². The number of hydrogen-bond acceptors (Lipinski definition) is 7.